The summed E-state index contributed by atoms with van der Waals surface area (Å²) in [6.07, 6.45) is -48.5. The summed E-state index contributed by atoms with van der Waals surface area (Å²) >= 11 is 0. The first-order valence-electron chi connectivity index (χ1n) is 30.1. The normalized spacial score (nSPS) is 46.8. The molecule has 2 saturated carbocycles. The Bertz CT molecular complexity index is 2820. The summed E-state index contributed by atoms with van der Waals surface area (Å²) < 4.78 is 98.9. The quantitative estimate of drug-likeness (QED) is 0.0242. The van der Waals surface area contributed by atoms with Crippen molar-refractivity contribution in [2.75, 3.05) is 46.5 Å². The third-order valence-corrected chi connectivity index (χ3v) is 17.3. The van der Waals surface area contributed by atoms with E-state index in [0.29, 0.717) is 0 Å². The molecule has 0 amide bonds. The number of ether oxygens (including phenoxy) is 12. The van der Waals surface area contributed by atoms with Gasteiger partial charge in [0.1, 0.15) is 122 Å². The minimum absolute atomic E-state index is 0.0577. The Labute approximate surface area is 550 Å². The van der Waals surface area contributed by atoms with Crippen LogP contribution in [-0.2, 0) is 56.8 Å². The second-order valence-corrected chi connectivity index (χ2v) is 23.2. The molecule has 2 aliphatic carbocycles. The highest BCUT2D eigenvalue weighted by atomic mass is 19.1. The smallest absolute Gasteiger partial charge is 0.187 e. The Balaban J connectivity index is 0.000000310. The maximum absolute atomic E-state index is 15.4. The van der Waals surface area contributed by atoms with Crippen LogP contribution in [0.2, 0.25) is 0 Å². The maximum Gasteiger partial charge on any atom is 0.187 e. The monoisotopic (exact) mass is 1420 g/mol. The van der Waals surface area contributed by atoms with Gasteiger partial charge in [-0.05, 0) is 46.0 Å². The molecule has 38 atom stereocenters. The van der Waals surface area contributed by atoms with Gasteiger partial charge < -0.3 is 158 Å². The Morgan fingerprint density at radius 2 is 0.776 bits per heavy atom. The Kier molecular flexibility index (Phi) is 31.5. The Morgan fingerprint density at radius 3 is 1.29 bits per heavy atom. The summed E-state index contributed by atoms with van der Waals surface area (Å²) in [7, 11) is 1.00. The predicted octanol–water partition coefficient (Wildman–Crippen LogP) is -8.12. The molecular formula is C47H82F2N24O25. The van der Waals surface area contributed by atoms with Gasteiger partial charge in [-0.2, -0.15) is 0 Å². The lowest BCUT2D eigenvalue weighted by molar-refractivity contribution is -0.302. The van der Waals surface area contributed by atoms with Gasteiger partial charge in [-0.25, -0.2) is 8.78 Å². The van der Waals surface area contributed by atoms with Crippen molar-refractivity contribution in [1.82, 2.24) is 0 Å². The summed E-state index contributed by atoms with van der Waals surface area (Å²) in [6.45, 7) is -3.09. The molecule has 25 N–H and O–H groups in total. The van der Waals surface area contributed by atoms with E-state index < -0.39 is 265 Å². The third kappa shape index (κ3) is 18.4. The lowest BCUT2D eigenvalue weighted by Crippen LogP contribution is -2.67. The highest BCUT2D eigenvalue weighted by Gasteiger charge is 2.58. The van der Waals surface area contributed by atoms with Gasteiger partial charge in [0.05, 0.1) is 87.1 Å². The van der Waals surface area contributed by atoms with Gasteiger partial charge in [0.15, 0.2) is 37.7 Å². The van der Waals surface area contributed by atoms with Crippen LogP contribution in [0.15, 0.2) is 30.7 Å². The minimum atomic E-state index is -2.37. The fourth-order valence-electron chi connectivity index (χ4n) is 12.1. The average Bonchev–Trinajstić information content (AvgIpc) is 1.29. The van der Waals surface area contributed by atoms with Gasteiger partial charge in [-0.15, -0.1) is 0 Å². The number of hydrogen-bond acceptors (Lipinski definition) is 37. The number of rotatable bonds is 24. The zero-order chi connectivity index (χ0) is 72.6. The summed E-state index contributed by atoms with van der Waals surface area (Å²) in [4.78, 5) is 15.6. The van der Waals surface area contributed by atoms with Crippen molar-refractivity contribution in [2.24, 2.45) is 65.1 Å². The summed E-state index contributed by atoms with van der Waals surface area (Å²) in [5.41, 5.74) is 89.5. The van der Waals surface area contributed by atoms with Crippen molar-refractivity contribution in [3.8, 4) is 0 Å². The molecule has 49 nitrogen and oxygen atoms in total. The maximum atomic E-state index is 15.4. The number of nitrogens with two attached hydrogens (primary N) is 6. The van der Waals surface area contributed by atoms with Crippen LogP contribution in [0.5, 0.6) is 0 Å². The molecule has 98 heavy (non-hydrogen) atoms. The molecule has 8 fully saturated rings. The molecular weight excluding hydrogens is 1340 g/mol. The van der Waals surface area contributed by atoms with Crippen LogP contribution in [0.1, 0.15) is 12.8 Å². The molecule has 0 aromatic carbocycles. The zero-order valence-corrected chi connectivity index (χ0v) is 51.6. The molecule has 0 unspecified atom stereocenters. The first-order valence-corrected chi connectivity index (χ1v) is 30.1. The number of aliphatic hydroxyl groups excluding tert-OH is 13. The van der Waals surface area contributed by atoms with Gasteiger partial charge in [0.2, 0.25) is 0 Å². The van der Waals surface area contributed by atoms with Crippen LogP contribution in [0.4, 0.5) is 8.78 Å². The van der Waals surface area contributed by atoms with Gasteiger partial charge >= 0.3 is 0 Å². The molecule has 8 aliphatic rings. The molecule has 0 aromatic heterocycles. The minimum Gasteiger partial charge on any atom is -0.400 e. The van der Waals surface area contributed by atoms with Crippen LogP contribution < -0.4 is 34.4 Å². The SMILES string of the molecule is CO.NC[C@@H]1O[C@H](O[C@H]2[C@@H](O)[C@H](O[C@@H]3[C@@H](O)[C@H](N)C[C@H](N)[C@H]3O[C@H]3O[C@H](CN)[C@H](O)[C@H](F)[C@H]3N)O[C@@H]2CO)[C@H](N)[C@@H](O)[C@@H]1O.[N-]=[N+]=NC[C@@H]1O[C@H](O[C@H]2[C@@H](O)[C@H](O[C@@H]3[C@@H](O)[C@H](N=[N+]=[N-])C[C@H](N=[N+]=[N-])[C@H]3O[C@H]3O[C@H](CN=[N+]=[N-])[C@H](O)[C@H](F)[C@H]3N=[N+]=[N-])O[C@@H]2CO)[C@H](N=[N+]=[N-])[C@@H](O)[C@@H]1O. The van der Waals surface area contributed by atoms with Crippen molar-refractivity contribution < 1.29 is 132 Å². The van der Waals surface area contributed by atoms with Gasteiger partial charge in [-0.3, -0.25) is 0 Å². The molecule has 554 valence electrons. The van der Waals surface area contributed by atoms with E-state index >= 15 is 4.39 Å². The summed E-state index contributed by atoms with van der Waals surface area (Å²) in [6, 6.07) is -10.9. The number of halogens is 2. The van der Waals surface area contributed by atoms with Crippen molar-refractivity contribution in [2.45, 2.75) is 246 Å². The first kappa shape index (κ1) is 81.4. The van der Waals surface area contributed by atoms with E-state index in [0.717, 1.165) is 7.11 Å². The lowest BCUT2D eigenvalue weighted by atomic mass is 9.84. The van der Waals surface area contributed by atoms with Crippen molar-refractivity contribution >= 4 is 0 Å². The zero-order valence-electron chi connectivity index (χ0n) is 51.6. The molecule has 6 aliphatic heterocycles. The van der Waals surface area contributed by atoms with E-state index in [4.69, 9.17) is 124 Å². The fourth-order valence-corrected chi connectivity index (χ4v) is 12.1. The highest BCUT2D eigenvalue weighted by Crippen LogP contribution is 2.40. The van der Waals surface area contributed by atoms with Gasteiger partial charge in [0.25, 0.3) is 0 Å². The van der Waals surface area contributed by atoms with Crippen LogP contribution in [-0.4, -0.2) is 346 Å². The molecule has 6 heterocycles. The van der Waals surface area contributed by atoms with Crippen molar-refractivity contribution in [3.63, 3.8) is 0 Å². The lowest BCUT2D eigenvalue weighted by Gasteiger charge is -2.47. The number of hydrogen-bond donors (Lipinski definition) is 19. The highest BCUT2D eigenvalue weighted by molar-refractivity contribution is 5.07. The molecule has 6 saturated heterocycles. The Morgan fingerprint density at radius 1 is 0.378 bits per heavy atom. The summed E-state index contributed by atoms with van der Waals surface area (Å²) in [5, 5.41) is 154. The second-order valence-electron chi connectivity index (χ2n) is 23.2. The van der Waals surface area contributed by atoms with Crippen LogP contribution in [0, 0.1) is 0 Å². The van der Waals surface area contributed by atoms with Gasteiger partial charge in [-0.1, -0.05) is 30.7 Å². The first-order chi connectivity index (χ1) is 46.8. The van der Waals surface area contributed by atoms with E-state index in [1.807, 2.05) is 0 Å². The van der Waals surface area contributed by atoms with Crippen LogP contribution >= 0.6 is 0 Å². The average molecular weight is 1420 g/mol. The molecule has 8 rings (SSSR count). The second kappa shape index (κ2) is 37.9. The third-order valence-electron chi connectivity index (χ3n) is 17.3. The predicted molar refractivity (Wildman–Crippen MR) is 312 cm³/mol. The topological polar surface area (TPSA) is 822 Å². The van der Waals surface area contributed by atoms with E-state index in [-0.39, 0.29) is 19.5 Å². The van der Waals surface area contributed by atoms with Crippen LogP contribution in [0.25, 0.3) is 62.7 Å². The number of aliphatic hydroxyl groups is 13. The van der Waals surface area contributed by atoms with E-state index in [2.05, 4.69) is 60.2 Å². The molecule has 51 heteroatoms. The summed E-state index contributed by atoms with van der Waals surface area (Å²) in [5.74, 6) is 0. The van der Waals surface area contributed by atoms with Crippen LogP contribution in [0.3, 0.4) is 0 Å². The van der Waals surface area contributed by atoms with Gasteiger partial charge in [0, 0.05) is 61.8 Å². The van der Waals surface area contributed by atoms with E-state index in [1.165, 1.54) is 0 Å². The largest absolute Gasteiger partial charge is 0.400 e. The fraction of sp³-hybridized carbons (Fsp3) is 1.00. The van der Waals surface area contributed by atoms with E-state index in [1.54, 1.807) is 0 Å². The Hall–Kier alpha value is -5.52. The number of nitrogens with zero attached hydrogens (tertiary/aromatic N) is 18. The number of alkyl halides is 2. The molecule has 0 bridgehead atoms. The standard InChI is InChI=1S/C23H33FN18O12.C23H45FN6O12.CH4O/c24-10-11(35-41-29)21(49-7(14(10)45)2-31-37-25)52-18-6(34-40-28)1-5(33-39-27)13(44)20(18)54-23-17(48)19(9(4-43)51-23)53-22-12(36-42-30)16(47)15(46)8(50-22)3-32-38-26;24-10-11(29)21(37-7(2-25)14(10)33)40-18-6(28)1-5(27)13(32)20(18)42-23-17(36)19(9(4-31)39-23)41-22-12(30)16(35)15(34)8(3-26)38-22;1-2/h5-23,43-48H,1-4H2;5-23,31-36H,1-4,25-30H2;2H,1H3/t2*5-,6+,7-,8+,9-,10-,11-,12-,13+,14+,15-,16-,17-,18-,19-,20-,21-,22-,23+;/m11./s1. The molecule has 0 aromatic rings. The van der Waals surface area contributed by atoms with Crippen molar-refractivity contribution in [1.29, 1.82) is 0 Å². The number of azide groups is 6. The van der Waals surface area contributed by atoms with E-state index in [9.17, 15) is 71.2 Å². The molecule has 0 radical (unpaired) electrons. The van der Waals surface area contributed by atoms with Crippen molar-refractivity contribution in [3.05, 3.63) is 62.7 Å². The molecule has 0 spiro atoms.